The fourth-order valence-corrected chi connectivity index (χ4v) is 3.30. The first-order valence-corrected chi connectivity index (χ1v) is 8.49. The number of aryl methyl sites for hydroxylation is 2. The van der Waals surface area contributed by atoms with Crippen LogP contribution in [0.25, 0.3) is 16.3 Å². The SMILES string of the molecule is Cc1cccc(OCc2nn3c(-c4ccccc4C)nnc3s2)c1. The summed E-state index contributed by atoms with van der Waals surface area (Å²) in [5.74, 6) is 1.61. The average Bonchev–Trinajstić information content (AvgIpc) is 3.14. The van der Waals surface area contributed by atoms with Gasteiger partial charge >= 0.3 is 0 Å². The minimum atomic E-state index is 0.421. The van der Waals surface area contributed by atoms with E-state index in [4.69, 9.17) is 4.74 Å². The molecular weight excluding hydrogens is 320 g/mol. The molecule has 4 aromatic rings. The van der Waals surface area contributed by atoms with Crippen LogP contribution < -0.4 is 4.74 Å². The monoisotopic (exact) mass is 336 g/mol. The second-order valence-corrected chi connectivity index (χ2v) is 6.67. The molecule has 0 bridgehead atoms. The molecule has 24 heavy (non-hydrogen) atoms. The zero-order chi connectivity index (χ0) is 16.5. The van der Waals surface area contributed by atoms with Gasteiger partial charge < -0.3 is 4.74 Å². The van der Waals surface area contributed by atoms with Gasteiger partial charge in [0.2, 0.25) is 4.96 Å². The molecule has 0 spiro atoms. The highest BCUT2D eigenvalue weighted by atomic mass is 32.1. The van der Waals surface area contributed by atoms with Gasteiger partial charge in [0.05, 0.1) is 0 Å². The van der Waals surface area contributed by atoms with Crippen molar-refractivity contribution in [3.63, 3.8) is 0 Å². The van der Waals surface area contributed by atoms with Crippen molar-refractivity contribution in [1.82, 2.24) is 19.8 Å². The van der Waals surface area contributed by atoms with Crippen molar-refractivity contribution in [2.24, 2.45) is 0 Å². The third-order valence-electron chi connectivity index (χ3n) is 3.77. The standard InChI is InChI=1S/C18H16N4OS/c1-12-6-5-8-14(10-12)23-11-16-21-22-17(19-20-18(22)24-16)15-9-4-3-7-13(15)2/h3-10H,11H2,1-2H3. The summed E-state index contributed by atoms with van der Waals surface area (Å²) in [6.45, 7) is 4.53. The van der Waals surface area contributed by atoms with Crippen molar-refractivity contribution in [3.8, 4) is 17.1 Å². The van der Waals surface area contributed by atoms with Crippen LogP contribution in [0.4, 0.5) is 0 Å². The van der Waals surface area contributed by atoms with Gasteiger partial charge in [0, 0.05) is 5.56 Å². The number of hydrogen-bond donors (Lipinski definition) is 0. The first-order chi connectivity index (χ1) is 11.7. The minimum absolute atomic E-state index is 0.421. The largest absolute Gasteiger partial charge is 0.486 e. The van der Waals surface area contributed by atoms with E-state index in [1.54, 1.807) is 4.52 Å². The third-order valence-corrected chi connectivity index (χ3v) is 4.64. The van der Waals surface area contributed by atoms with Crippen LogP contribution in [0.1, 0.15) is 16.1 Å². The maximum absolute atomic E-state index is 5.83. The summed E-state index contributed by atoms with van der Waals surface area (Å²) in [5.41, 5.74) is 3.37. The second kappa shape index (κ2) is 6.05. The van der Waals surface area contributed by atoms with E-state index in [1.165, 1.54) is 16.9 Å². The van der Waals surface area contributed by atoms with Gasteiger partial charge in [-0.15, -0.1) is 10.2 Å². The van der Waals surface area contributed by atoms with Crippen molar-refractivity contribution in [3.05, 3.63) is 64.7 Å². The Bertz CT molecular complexity index is 1010. The molecule has 6 heteroatoms. The summed E-state index contributed by atoms with van der Waals surface area (Å²) in [6, 6.07) is 16.1. The lowest BCUT2D eigenvalue weighted by Gasteiger charge is -2.04. The molecule has 2 aromatic heterocycles. The van der Waals surface area contributed by atoms with Gasteiger partial charge in [-0.05, 0) is 37.1 Å². The van der Waals surface area contributed by atoms with Crippen LogP contribution >= 0.6 is 11.3 Å². The Kier molecular flexibility index (Phi) is 3.74. The Morgan fingerprint density at radius 2 is 1.92 bits per heavy atom. The van der Waals surface area contributed by atoms with Crippen LogP contribution in [0.5, 0.6) is 5.75 Å². The van der Waals surface area contributed by atoms with E-state index in [1.807, 2.05) is 49.4 Å². The number of aromatic nitrogens is 4. The zero-order valence-electron chi connectivity index (χ0n) is 13.4. The van der Waals surface area contributed by atoms with Gasteiger partial charge in [-0.1, -0.05) is 47.7 Å². The normalized spacial score (nSPS) is 11.1. The Labute approximate surface area is 143 Å². The van der Waals surface area contributed by atoms with Gasteiger partial charge in [0.15, 0.2) is 10.8 Å². The summed E-state index contributed by atoms with van der Waals surface area (Å²) in [7, 11) is 0. The van der Waals surface area contributed by atoms with E-state index in [9.17, 15) is 0 Å². The van der Waals surface area contributed by atoms with Crippen LogP contribution in [0.3, 0.4) is 0 Å². The molecule has 4 rings (SSSR count). The first kappa shape index (κ1) is 14.8. The highest BCUT2D eigenvalue weighted by Crippen LogP contribution is 2.24. The quantitative estimate of drug-likeness (QED) is 0.564. The van der Waals surface area contributed by atoms with Crippen molar-refractivity contribution in [2.45, 2.75) is 20.5 Å². The molecule has 0 radical (unpaired) electrons. The van der Waals surface area contributed by atoms with Gasteiger partial charge in [-0.25, -0.2) is 0 Å². The fraction of sp³-hybridized carbons (Fsp3) is 0.167. The molecule has 0 amide bonds. The second-order valence-electron chi connectivity index (χ2n) is 5.63. The van der Waals surface area contributed by atoms with Gasteiger partial charge in [-0.3, -0.25) is 0 Å². The van der Waals surface area contributed by atoms with Crippen molar-refractivity contribution in [1.29, 1.82) is 0 Å². The summed E-state index contributed by atoms with van der Waals surface area (Å²) < 4.78 is 7.62. The summed E-state index contributed by atoms with van der Waals surface area (Å²) in [5, 5.41) is 14.0. The van der Waals surface area contributed by atoms with Gasteiger partial charge in [-0.2, -0.15) is 9.61 Å². The minimum Gasteiger partial charge on any atom is -0.486 e. The molecule has 0 fully saturated rings. The van der Waals surface area contributed by atoms with E-state index in [0.29, 0.717) is 6.61 Å². The molecule has 5 nitrogen and oxygen atoms in total. The Hall–Kier alpha value is -2.73. The third kappa shape index (κ3) is 2.76. The van der Waals surface area contributed by atoms with Crippen LogP contribution in [-0.4, -0.2) is 19.8 Å². The van der Waals surface area contributed by atoms with Crippen molar-refractivity contribution in [2.75, 3.05) is 0 Å². The number of hydrogen-bond acceptors (Lipinski definition) is 5. The number of rotatable bonds is 4. The first-order valence-electron chi connectivity index (χ1n) is 7.67. The van der Waals surface area contributed by atoms with E-state index in [2.05, 4.69) is 28.3 Å². The maximum Gasteiger partial charge on any atom is 0.235 e. The predicted octanol–water partition coefficient (Wildman–Crippen LogP) is 4.05. The van der Waals surface area contributed by atoms with Crippen molar-refractivity contribution >= 4 is 16.3 Å². The van der Waals surface area contributed by atoms with E-state index >= 15 is 0 Å². The summed E-state index contributed by atoms with van der Waals surface area (Å²) in [6.07, 6.45) is 0. The molecule has 120 valence electrons. The summed E-state index contributed by atoms with van der Waals surface area (Å²) >= 11 is 1.50. The molecule has 0 aliphatic heterocycles. The molecular formula is C18H16N4OS. The summed E-state index contributed by atoms with van der Waals surface area (Å²) in [4.78, 5) is 0.774. The van der Waals surface area contributed by atoms with Crippen LogP contribution in [-0.2, 0) is 6.61 Å². The molecule has 0 saturated heterocycles. The zero-order valence-corrected chi connectivity index (χ0v) is 14.2. The average molecular weight is 336 g/mol. The lowest BCUT2D eigenvalue weighted by atomic mass is 10.1. The fourth-order valence-electron chi connectivity index (χ4n) is 2.56. The van der Waals surface area contributed by atoms with E-state index in [0.717, 1.165) is 32.7 Å². The predicted molar refractivity (Wildman–Crippen MR) is 94.3 cm³/mol. The lowest BCUT2D eigenvalue weighted by Crippen LogP contribution is -1.98. The van der Waals surface area contributed by atoms with Crippen molar-refractivity contribution < 1.29 is 4.74 Å². The van der Waals surface area contributed by atoms with Gasteiger partial charge in [0.25, 0.3) is 0 Å². The van der Waals surface area contributed by atoms with E-state index < -0.39 is 0 Å². The Morgan fingerprint density at radius 1 is 1.04 bits per heavy atom. The highest BCUT2D eigenvalue weighted by molar-refractivity contribution is 7.16. The molecule has 0 unspecified atom stereocenters. The lowest BCUT2D eigenvalue weighted by molar-refractivity contribution is 0.304. The molecule has 2 heterocycles. The molecule has 0 N–H and O–H groups in total. The molecule has 2 aromatic carbocycles. The maximum atomic E-state index is 5.83. The smallest absolute Gasteiger partial charge is 0.235 e. The number of benzene rings is 2. The molecule has 0 saturated carbocycles. The number of nitrogens with zero attached hydrogens (tertiary/aromatic N) is 4. The molecule has 0 aliphatic carbocycles. The van der Waals surface area contributed by atoms with Gasteiger partial charge in [0.1, 0.15) is 12.4 Å². The number of ether oxygens (including phenoxy) is 1. The Morgan fingerprint density at radius 3 is 2.75 bits per heavy atom. The highest BCUT2D eigenvalue weighted by Gasteiger charge is 2.14. The molecule has 0 aliphatic rings. The Balaban J connectivity index is 1.61. The van der Waals surface area contributed by atoms with Crippen LogP contribution in [0.15, 0.2) is 48.5 Å². The van der Waals surface area contributed by atoms with E-state index in [-0.39, 0.29) is 0 Å². The molecule has 0 atom stereocenters. The topological polar surface area (TPSA) is 52.3 Å². The van der Waals surface area contributed by atoms with Crippen LogP contribution in [0.2, 0.25) is 0 Å². The number of fused-ring (bicyclic) bond motifs is 1. The van der Waals surface area contributed by atoms with Crippen LogP contribution in [0, 0.1) is 13.8 Å².